The van der Waals surface area contributed by atoms with Crippen molar-refractivity contribution in [1.82, 2.24) is 20.5 Å². The first-order chi connectivity index (χ1) is 17.5. The van der Waals surface area contributed by atoms with Crippen LogP contribution in [-0.4, -0.2) is 70.3 Å². The third kappa shape index (κ3) is 4.67. The van der Waals surface area contributed by atoms with Gasteiger partial charge in [-0.3, -0.25) is 19.2 Å². The molecule has 2 saturated heterocycles. The number of hydrogen-bond acceptors (Lipinski definition) is 5. The Labute approximate surface area is 209 Å². The minimum absolute atomic E-state index is 0.0252. The largest absolute Gasteiger partial charge is 0.389 e. The summed E-state index contributed by atoms with van der Waals surface area (Å²) in [4.78, 5) is 56.4. The summed E-state index contributed by atoms with van der Waals surface area (Å²) in [6, 6.07) is 9.88. The standard InChI is InChI=1S/C27H32N4O5/c32-15-23(33)21(11-17-9-10-28-25(17)34)30-26(35)24-20-8-4-7-18(20)14-31(24)27(36)22-12-19(13-29-22)16-5-2-1-3-6-16/h1-3,5-6,12-13,17-18,20-21,24,29,32H,4,7-11,14-15H2,(H,28,34)(H,30,35)/t17-,18-,20-,21?,24-/m0/s1. The van der Waals surface area contributed by atoms with E-state index in [1.807, 2.05) is 30.3 Å². The average molecular weight is 493 g/mol. The van der Waals surface area contributed by atoms with E-state index < -0.39 is 30.4 Å². The lowest BCUT2D eigenvalue weighted by atomic mass is 9.92. The van der Waals surface area contributed by atoms with Crippen molar-refractivity contribution in [2.24, 2.45) is 17.8 Å². The fourth-order valence-electron chi connectivity index (χ4n) is 6.11. The van der Waals surface area contributed by atoms with Gasteiger partial charge < -0.3 is 25.6 Å². The molecule has 1 aliphatic carbocycles. The normalized spacial score (nSPS) is 25.9. The zero-order chi connectivity index (χ0) is 25.2. The molecule has 2 aromatic rings. The molecule has 36 heavy (non-hydrogen) atoms. The second-order valence-corrected chi connectivity index (χ2v) is 10.1. The van der Waals surface area contributed by atoms with Gasteiger partial charge in [-0.15, -0.1) is 0 Å². The van der Waals surface area contributed by atoms with E-state index in [0.717, 1.165) is 30.4 Å². The van der Waals surface area contributed by atoms with Gasteiger partial charge in [0.2, 0.25) is 11.8 Å². The van der Waals surface area contributed by atoms with Crippen molar-refractivity contribution in [3.8, 4) is 11.1 Å². The molecule has 1 saturated carbocycles. The number of H-pyrrole nitrogens is 1. The predicted molar refractivity (Wildman–Crippen MR) is 132 cm³/mol. The van der Waals surface area contributed by atoms with Crippen molar-refractivity contribution in [2.75, 3.05) is 19.7 Å². The van der Waals surface area contributed by atoms with Crippen LogP contribution in [0.25, 0.3) is 11.1 Å². The van der Waals surface area contributed by atoms with Gasteiger partial charge in [-0.05, 0) is 54.7 Å². The molecule has 9 heteroatoms. The van der Waals surface area contributed by atoms with E-state index in [4.69, 9.17) is 0 Å². The Bertz CT molecular complexity index is 1150. The van der Waals surface area contributed by atoms with Crippen LogP contribution in [0.5, 0.6) is 0 Å². The summed E-state index contributed by atoms with van der Waals surface area (Å²) in [6.07, 6.45) is 5.32. The number of benzene rings is 1. The number of rotatable bonds is 8. The van der Waals surface area contributed by atoms with E-state index in [1.165, 1.54) is 0 Å². The van der Waals surface area contributed by atoms with Crippen molar-refractivity contribution < 1.29 is 24.3 Å². The maximum atomic E-state index is 13.6. The SMILES string of the molecule is O=C(CO)C(C[C@@H]1CCNC1=O)NC(=O)[C@@H]1[C@H]2CCC[C@H]2CN1C(=O)c1cc(-c2ccccc2)c[nH]1. The summed E-state index contributed by atoms with van der Waals surface area (Å²) in [5, 5.41) is 15.0. The molecule has 3 heterocycles. The minimum Gasteiger partial charge on any atom is -0.389 e. The molecule has 5 rings (SSSR count). The Morgan fingerprint density at radius 1 is 1.11 bits per heavy atom. The Morgan fingerprint density at radius 3 is 2.64 bits per heavy atom. The fraction of sp³-hybridized carbons (Fsp3) is 0.481. The Morgan fingerprint density at radius 2 is 1.92 bits per heavy atom. The number of amides is 3. The first-order valence-electron chi connectivity index (χ1n) is 12.7. The molecule has 9 nitrogen and oxygen atoms in total. The number of Topliss-reactive ketones (excluding diaryl/α,β-unsaturated/α-hetero) is 1. The van der Waals surface area contributed by atoms with Crippen molar-refractivity contribution in [2.45, 2.75) is 44.2 Å². The summed E-state index contributed by atoms with van der Waals surface area (Å²) < 4.78 is 0. The topological polar surface area (TPSA) is 132 Å². The average Bonchev–Trinajstić information content (AvgIpc) is 3.68. The molecule has 0 bridgehead atoms. The maximum Gasteiger partial charge on any atom is 0.270 e. The van der Waals surface area contributed by atoms with Crippen molar-refractivity contribution in [3.05, 3.63) is 48.3 Å². The van der Waals surface area contributed by atoms with Crippen LogP contribution in [0.4, 0.5) is 0 Å². The summed E-state index contributed by atoms with van der Waals surface area (Å²) in [5.41, 5.74) is 2.29. The zero-order valence-electron chi connectivity index (χ0n) is 20.1. The summed E-state index contributed by atoms with van der Waals surface area (Å²) >= 11 is 0. The molecular formula is C27H32N4O5. The van der Waals surface area contributed by atoms with E-state index in [1.54, 1.807) is 17.2 Å². The summed E-state index contributed by atoms with van der Waals surface area (Å²) in [7, 11) is 0. The van der Waals surface area contributed by atoms with Gasteiger partial charge in [-0.25, -0.2) is 0 Å². The number of hydrogen-bond donors (Lipinski definition) is 4. The van der Waals surface area contributed by atoms with Gasteiger partial charge in [0.1, 0.15) is 18.3 Å². The Hall–Kier alpha value is -3.46. The predicted octanol–water partition coefficient (Wildman–Crippen LogP) is 1.49. The molecule has 3 aliphatic rings. The molecule has 3 amide bonds. The molecule has 4 N–H and O–H groups in total. The van der Waals surface area contributed by atoms with Gasteiger partial charge >= 0.3 is 0 Å². The van der Waals surface area contributed by atoms with E-state index in [2.05, 4.69) is 15.6 Å². The third-order valence-corrected chi connectivity index (χ3v) is 7.98. The van der Waals surface area contributed by atoms with Crippen LogP contribution in [-0.2, 0) is 14.4 Å². The van der Waals surface area contributed by atoms with Crippen LogP contribution in [0.2, 0.25) is 0 Å². The highest BCUT2D eigenvalue weighted by Crippen LogP contribution is 2.43. The molecule has 0 spiro atoms. The number of likely N-dealkylation sites (tertiary alicyclic amines) is 1. The van der Waals surface area contributed by atoms with Crippen LogP contribution >= 0.6 is 0 Å². The monoisotopic (exact) mass is 492 g/mol. The maximum absolute atomic E-state index is 13.6. The number of carbonyl (C=O) groups is 4. The molecule has 1 unspecified atom stereocenters. The highest BCUT2D eigenvalue weighted by atomic mass is 16.3. The summed E-state index contributed by atoms with van der Waals surface area (Å²) in [6.45, 7) is 0.307. The number of carbonyl (C=O) groups excluding carboxylic acids is 4. The quantitative estimate of drug-likeness (QED) is 0.443. The fourth-order valence-corrected chi connectivity index (χ4v) is 6.11. The molecular weight excluding hydrogens is 460 g/mol. The van der Waals surface area contributed by atoms with Crippen LogP contribution in [0.15, 0.2) is 42.6 Å². The van der Waals surface area contributed by atoms with Gasteiger partial charge in [0, 0.05) is 25.2 Å². The number of ketones is 1. The smallest absolute Gasteiger partial charge is 0.270 e. The second-order valence-electron chi connectivity index (χ2n) is 10.1. The van der Waals surface area contributed by atoms with Crippen molar-refractivity contribution >= 4 is 23.5 Å². The van der Waals surface area contributed by atoms with Gasteiger partial charge in [-0.1, -0.05) is 36.8 Å². The van der Waals surface area contributed by atoms with Gasteiger partial charge in [0.15, 0.2) is 5.78 Å². The van der Waals surface area contributed by atoms with Gasteiger partial charge in [0.05, 0.1) is 6.04 Å². The van der Waals surface area contributed by atoms with Gasteiger partial charge in [0.25, 0.3) is 5.91 Å². The van der Waals surface area contributed by atoms with Crippen LogP contribution in [0.3, 0.4) is 0 Å². The molecule has 2 aliphatic heterocycles. The number of aliphatic hydroxyl groups excluding tert-OH is 1. The van der Waals surface area contributed by atoms with E-state index in [-0.39, 0.29) is 36.0 Å². The lowest BCUT2D eigenvalue weighted by Crippen LogP contribution is -2.53. The van der Waals surface area contributed by atoms with E-state index >= 15 is 0 Å². The van der Waals surface area contributed by atoms with E-state index in [0.29, 0.717) is 25.2 Å². The molecule has 3 fully saturated rings. The summed E-state index contributed by atoms with van der Waals surface area (Å²) in [5.74, 6) is -1.43. The molecule has 190 valence electrons. The molecule has 0 radical (unpaired) electrons. The highest BCUT2D eigenvalue weighted by molar-refractivity contribution is 5.99. The lowest BCUT2D eigenvalue weighted by Gasteiger charge is -2.29. The van der Waals surface area contributed by atoms with Crippen LogP contribution < -0.4 is 10.6 Å². The molecule has 1 aromatic carbocycles. The highest BCUT2D eigenvalue weighted by Gasteiger charge is 2.50. The number of nitrogens with zero attached hydrogens (tertiary/aromatic N) is 1. The zero-order valence-corrected chi connectivity index (χ0v) is 20.1. The number of aromatic nitrogens is 1. The van der Waals surface area contributed by atoms with E-state index in [9.17, 15) is 24.3 Å². The first-order valence-corrected chi connectivity index (χ1v) is 12.7. The Kier molecular flexibility index (Phi) is 6.91. The number of aromatic amines is 1. The molecule has 1 aromatic heterocycles. The van der Waals surface area contributed by atoms with Crippen molar-refractivity contribution in [3.63, 3.8) is 0 Å². The molecule has 5 atom stereocenters. The van der Waals surface area contributed by atoms with Crippen LogP contribution in [0, 0.1) is 17.8 Å². The number of fused-ring (bicyclic) bond motifs is 1. The first kappa shape index (κ1) is 24.2. The van der Waals surface area contributed by atoms with Crippen molar-refractivity contribution in [1.29, 1.82) is 0 Å². The Balaban J connectivity index is 1.35. The number of aliphatic hydroxyl groups is 1. The van der Waals surface area contributed by atoms with Crippen LogP contribution in [0.1, 0.15) is 42.6 Å². The lowest BCUT2D eigenvalue weighted by molar-refractivity contribution is -0.133. The third-order valence-electron chi connectivity index (χ3n) is 7.98. The second kappa shape index (κ2) is 10.3. The van der Waals surface area contributed by atoms with Gasteiger partial charge in [-0.2, -0.15) is 0 Å². The minimum atomic E-state index is -0.969. The number of nitrogens with one attached hydrogen (secondary N) is 3.